The standard InChI is InChI=1S/C21H24NO/c1-2-3-4-7-14-22(15-8-9-16-22)21(23)20-13-12-18-10-5-6-11-19(18)17-20/h5-6,8-13,15-17H,2-4,7,14H2,1H3/q+1. The van der Waals surface area contributed by atoms with E-state index in [2.05, 4.69) is 19.1 Å². The summed E-state index contributed by atoms with van der Waals surface area (Å²) in [4.78, 5) is 13.1. The summed E-state index contributed by atoms with van der Waals surface area (Å²) in [6.45, 7) is 3.05. The van der Waals surface area contributed by atoms with Crippen LogP contribution in [0.15, 0.2) is 67.0 Å². The van der Waals surface area contributed by atoms with E-state index in [1.807, 2.05) is 54.9 Å². The predicted molar refractivity (Wildman–Crippen MR) is 95.8 cm³/mol. The highest BCUT2D eigenvalue weighted by molar-refractivity contribution is 5.95. The second kappa shape index (κ2) is 6.93. The zero-order valence-corrected chi connectivity index (χ0v) is 13.7. The summed E-state index contributed by atoms with van der Waals surface area (Å²) in [5, 5.41) is 2.29. The maximum Gasteiger partial charge on any atom is 0.355 e. The van der Waals surface area contributed by atoms with Crippen LogP contribution in [0.25, 0.3) is 10.8 Å². The molecular formula is C21H24NO+. The first-order chi connectivity index (χ1) is 11.2. The van der Waals surface area contributed by atoms with E-state index in [1.165, 1.54) is 24.6 Å². The molecule has 0 saturated heterocycles. The zero-order valence-electron chi connectivity index (χ0n) is 13.7. The highest BCUT2D eigenvalue weighted by Gasteiger charge is 2.35. The van der Waals surface area contributed by atoms with Crippen LogP contribution in [0.1, 0.15) is 43.0 Å². The molecule has 0 unspecified atom stereocenters. The first kappa shape index (κ1) is 15.7. The summed E-state index contributed by atoms with van der Waals surface area (Å²) >= 11 is 0. The molecular weight excluding hydrogens is 282 g/mol. The maximum atomic E-state index is 13.1. The Morgan fingerprint density at radius 2 is 1.65 bits per heavy atom. The fourth-order valence-electron chi connectivity index (χ4n) is 3.21. The van der Waals surface area contributed by atoms with Crippen LogP contribution in [0.5, 0.6) is 0 Å². The molecule has 1 aliphatic rings. The number of amides is 1. The van der Waals surface area contributed by atoms with Crippen LogP contribution in [-0.4, -0.2) is 16.9 Å². The predicted octanol–water partition coefficient (Wildman–Crippen LogP) is 5.42. The van der Waals surface area contributed by atoms with Gasteiger partial charge in [0.1, 0.15) is 12.4 Å². The van der Waals surface area contributed by atoms with Crippen molar-refractivity contribution in [3.05, 3.63) is 72.6 Å². The first-order valence-corrected chi connectivity index (χ1v) is 8.53. The van der Waals surface area contributed by atoms with Crippen molar-refractivity contribution in [3.8, 4) is 0 Å². The number of hydrogen-bond acceptors (Lipinski definition) is 1. The van der Waals surface area contributed by atoms with Crippen LogP contribution in [0.4, 0.5) is 0 Å². The molecule has 0 N–H and O–H groups in total. The topological polar surface area (TPSA) is 17.1 Å². The average Bonchev–Trinajstić information content (AvgIpc) is 3.08. The van der Waals surface area contributed by atoms with E-state index in [0.717, 1.165) is 23.9 Å². The molecule has 0 fully saturated rings. The Hall–Kier alpha value is -2.19. The van der Waals surface area contributed by atoms with Gasteiger partial charge in [0.15, 0.2) is 0 Å². The van der Waals surface area contributed by atoms with E-state index in [4.69, 9.17) is 0 Å². The summed E-state index contributed by atoms with van der Waals surface area (Å²) in [5.74, 6) is 0.164. The third kappa shape index (κ3) is 3.27. The average molecular weight is 306 g/mol. The van der Waals surface area contributed by atoms with Gasteiger partial charge >= 0.3 is 5.91 Å². The van der Waals surface area contributed by atoms with E-state index in [0.29, 0.717) is 4.48 Å². The fourth-order valence-corrected chi connectivity index (χ4v) is 3.21. The minimum absolute atomic E-state index is 0.164. The summed E-state index contributed by atoms with van der Waals surface area (Å²) < 4.78 is 0.321. The molecule has 3 rings (SSSR count). The molecule has 2 aromatic rings. The van der Waals surface area contributed by atoms with Gasteiger partial charge in [-0.3, -0.25) is 0 Å². The number of fused-ring (bicyclic) bond motifs is 1. The summed E-state index contributed by atoms with van der Waals surface area (Å²) in [6.07, 6.45) is 12.7. The van der Waals surface area contributed by atoms with Crippen molar-refractivity contribution in [3.63, 3.8) is 0 Å². The minimum Gasteiger partial charge on any atom is -0.225 e. The number of benzene rings is 2. The molecule has 23 heavy (non-hydrogen) atoms. The smallest absolute Gasteiger partial charge is 0.225 e. The quantitative estimate of drug-likeness (QED) is 0.514. The Morgan fingerprint density at radius 1 is 0.913 bits per heavy atom. The SMILES string of the molecule is CCCCCC[N+]1(C(=O)c2ccc3ccccc3c2)C=CC=C1. The second-order valence-corrected chi connectivity index (χ2v) is 6.26. The second-order valence-electron chi connectivity index (χ2n) is 6.26. The summed E-state index contributed by atoms with van der Waals surface area (Å²) in [7, 11) is 0. The number of unbranched alkanes of at least 4 members (excludes halogenated alkanes) is 3. The third-order valence-electron chi connectivity index (χ3n) is 4.57. The van der Waals surface area contributed by atoms with Crippen LogP contribution >= 0.6 is 0 Å². The van der Waals surface area contributed by atoms with Gasteiger partial charge in [0.25, 0.3) is 0 Å². The molecule has 0 aliphatic carbocycles. The lowest BCUT2D eigenvalue weighted by molar-refractivity contribution is -0.739. The Kier molecular flexibility index (Phi) is 4.73. The van der Waals surface area contributed by atoms with Gasteiger partial charge in [0.2, 0.25) is 0 Å². The number of allylic oxidation sites excluding steroid dienone is 2. The molecule has 0 bridgehead atoms. The third-order valence-corrected chi connectivity index (χ3v) is 4.57. The molecule has 0 radical (unpaired) electrons. The normalized spacial score (nSPS) is 15.3. The Labute approximate surface area is 138 Å². The van der Waals surface area contributed by atoms with Gasteiger partial charge in [-0.25, -0.2) is 9.28 Å². The number of nitrogens with zero attached hydrogens (tertiary/aromatic N) is 1. The van der Waals surface area contributed by atoms with Gasteiger partial charge in [0.05, 0.1) is 12.1 Å². The molecule has 0 atom stereocenters. The van der Waals surface area contributed by atoms with E-state index in [-0.39, 0.29) is 5.91 Å². The Morgan fingerprint density at radius 3 is 2.39 bits per heavy atom. The van der Waals surface area contributed by atoms with Crippen LogP contribution in [0.2, 0.25) is 0 Å². The van der Waals surface area contributed by atoms with Crippen molar-refractivity contribution in [1.29, 1.82) is 0 Å². The molecule has 1 aliphatic heterocycles. The Bertz CT molecular complexity index is 745. The van der Waals surface area contributed by atoms with Crippen LogP contribution in [0.3, 0.4) is 0 Å². The van der Waals surface area contributed by atoms with E-state index < -0.39 is 0 Å². The molecule has 2 aromatic carbocycles. The monoisotopic (exact) mass is 306 g/mol. The van der Waals surface area contributed by atoms with Gasteiger partial charge in [0, 0.05) is 0 Å². The van der Waals surface area contributed by atoms with Crippen molar-refractivity contribution >= 4 is 16.7 Å². The number of hydrogen-bond donors (Lipinski definition) is 0. The lowest BCUT2D eigenvalue weighted by atomic mass is 10.1. The lowest BCUT2D eigenvalue weighted by Crippen LogP contribution is -2.42. The van der Waals surface area contributed by atoms with E-state index >= 15 is 0 Å². The molecule has 1 heterocycles. The molecule has 1 amide bonds. The van der Waals surface area contributed by atoms with Gasteiger partial charge in [-0.15, -0.1) is 0 Å². The Balaban J connectivity index is 1.85. The number of carbonyl (C=O) groups is 1. The van der Waals surface area contributed by atoms with Gasteiger partial charge in [-0.1, -0.05) is 50.1 Å². The maximum absolute atomic E-state index is 13.1. The van der Waals surface area contributed by atoms with Crippen LogP contribution < -0.4 is 0 Å². The molecule has 2 nitrogen and oxygen atoms in total. The van der Waals surface area contributed by atoms with Crippen molar-refractivity contribution in [1.82, 2.24) is 0 Å². The van der Waals surface area contributed by atoms with Crippen molar-refractivity contribution in [2.45, 2.75) is 32.6 Å². The van der Waals surface area contributed by atoms with E-state index in [1.54, 1.807) is 0 Å². The van der Waals surface area contributed by atoms with Gasteiger partial charge in [-0.05, 0) is 47.9 Å². The lowest BCUT2D eigenvalue weighted by Gasteiger charge is -2.26. The fraction of sp³-hybridized carbons (Fsp3) is 0.286. The van der Waals surface area contributed by atoms with Crippen LogP contribution in [0, 0.1) is 0 Å². The number of carbonyl (C=O) groups excluding carboxylic acids is 1. The summed E-state index contributed by atoms with van der Waals surface area (Å²) in [6, 6.07) is 14.2. The van der Waals surface area contributed by atoms with Crippen molar-refractivity contribution in [2.24, 2.45) is 0 Å². The number of rotatable bonds is 6. The van der Waals surface area contributed by atoms with Gasteiger partial charge in [-0.2, -0.15) is 0 Å². The van der Waals surface area contributed by atoms with Crippen molar-refractivity contribution in [2.75, 3.05) is 6.54 Å². The minimum atomic E-state index is 0.164. The molecule has 2 heteroatoms. The molecule has 118 valence electrons. The zero-order chi connectivity index (χ0) is 16.1. The highest BCUT2D eigenvalue weighted by Crippen LogP contribution is 2.25. The summed E-state index contributed by atoms with van der Waals surface area (Å²) in [5.41, 5.74) is 0.787. The van der Waals surface area contributed by atoms with Gasteiger partial charge < -0.3 is 0 Å². The number of quaternary nitrogens is 1. The molecule has 0 aromatic heterocycles. The van der Waals surface area contributed by atoms with E-state index in [9.17, 15) is 4.79 Å². The van der Waals surface area contributed by atoms with Crippen LogP contribution in [-0.2, 0) is 0 Å². The highest BCUT2D eigenvalue weighted by atomic mass is 16.2. The first-order valence-electron chi connectivity index (χ1n) is 8.53. The van der Waals surface area contributed by atoms with Crippen molar-refractivity contribution < 1.29 is 9.28 Å². The molecule has 0 saturated carbocycles. The largest absolute Gasteiger partial charge is 0.355 e. The molecule has 0 spiro atoms.